The molecule has 0 fully saturated rings. The van der Waals surface area contributed by atoms with Crippen molar-refractivity contribution in [1.29, 1.82) is 0 Å². The number of fused-ring (bicyclic) bond motifs is 2. The van der Waals surface area contributed by atoms with Gasteiger partial charge in [-0.25, -0.2) is 4.98 Å². The Morgan fingerprint density at radius 2 is 1.84 bits per heavy atom. The highest BCUT2D eigenvalue weighted by atomic mass is 32.1. The van der Waals surface area contributed by atoms with Crippen molar-refractivity contribution in [2.45, 2.75) is 33.7 Å². The van der Waals surface area contributed by atoms with Crippen LogP contribution in [0.3, 0.4) is 0 Å². The molecular weight excluding hydrogens is 424 g/mol. The van der Waals surface area contributed by atoms with Gasteiger partial charge in [0, 0.05) is 4.88 Å². The molecule has 1 aliphatic rings. The number of amides is 1. The topological polar surface area (TPSA) is 72.6 Å². The van der Waals surface area contributed by atoms with Gasteiger partial charge in [-0.15, -0.1) is 11.3 Å². The Hall–Kier alpha value is -3.45. The van der Waals surface area contributed by atoms with Crippen molar-refractivity contribution in [3.63, 3.8) is 0 Å². The van der Waals surface area contributed by atoms with E-state index < -0.39 is 6.04 Å². The number of nitrogens with zero attached hydrogens (tertiary/aromatic N) is 2. The predicted molar refractivity (Wildman–Crippen MR) is 125 cm³/mol. The molecule has 32 heavy (non-hydrogen) atoms. The molecule has 7 heteroatoms. The van der Waals surface area contributed by atoms with Gasteiger partial charge in [0.05, 0.1) is 29.3 Å². The van der Waals surface area contributed by atoms with Crippen LogP contribution in [0.2, 0.25) is 0 Å². The van der Waals surface area contributed by atoms with E-state index in [4.69, 9.17) is 9.15 Å². The van der Waals surface area contributed by atoms with Gasteiger partial charge in [-0.05, 0) is 57.5 Å². The van der Waals surface area contributed by atoms with Gasteiger partial charge < -0.3 is 9.15 Å². The number of thiazole rings is 1. The zero-order chi connectivity index (χ0) is 22.6. The van der Waals surface area contributed by atoms with Crippen LogP contribution in [0.15, 0.2) is 51.7 Å². The number of aromatic nitrogens is 1. The highest BCUT2D eigenvalue weighted by Gasteiger charge is 2.45. The van der Waals surface area contributed by atoms with Crippen LogP contribution < -0.4 is 15.1 Å². The highest BCUT2D eigenvalue weighted by molar-refractivity contribution is 7.15. The smallest absolute Gasteiger partial charge is 0.297 e. The number of anilines is 1. The first-order valence-electron chi connectivity index (χ1n) is 10.5. The summed E-state index contributed by atoms with van der Waals surface area (Å²) in [7, 11) is 0. The average molecular weight is 447 g/mol. The summed E-state index contributed by atoms with van der Waals surface area (Å²) >= 11 is 1.43. The maximum atomic E-state index is 13.6. The van der Waals surface area contributed by atoms with Crippen molar-refractivity contribution in [1.82, 2.24) is 4.98 Å². The zero-order valence-electron chi connectivity index (χ0n) is 18.3. The third-order valence-corrected chi connectivity index (χ3v) is 6.83. The minimum Gasteiger partial charge on any atom is -0.494 e. The summed E-state index contributed by atoms with van der Waals surface area (Å²) in [5, 5.41) is 1.02. The van der Waals surface area contributed by atoms with Gasteiger partial charge in [0.25, 0.3) is 5.91 Å². The highest BCUT2D eigenvalue weighted by Crippen LogP contribution is 2.43. The van der Waals surface area contributed by atoms with E-state index in [9.17, 15) is 9.59 Å². The normalized spacial score (nSPS) is 15.4. The molecule has 2 aromatic carbocycles. The van der Waals surface area contributed by atoms with Gasteiger partial charge in [0.2, 0.25) is 5.76 Å². The summed E-state index contributed by atoms with van der Waals surface area (Å²) in [5.41, 5.74) is 3.18. The molecular formula is C25H22N2O4S. The van der Waals surface area contributed by atoms with E-state index in [0.29, 0.717) is 28.3 Å². The van der Waals surface area contributed by atoms with Crippen molar-refractivity contribution in [3.05, 3.63) is 85.7 Å². The van der Waals surface area contributed by atoms with Crippen molar-refractivity contribution in [2.24, 2.45) is 0 Å². The fourth-order valence-electron chi connectivity index (χ4n) is 4.07. The van der Waals surface area contributed by atoms with Crippen molar-refractivity contribution < 1.29 is 13.9 Å². The zero-order valence-corrected chi connectivity index (χ0v) is 19.1. The number of benzene rings is 2. The molecule has 0 aliphatic carbocycles. The lowest BCUT2D eigenvalue weighted by atomic mass is 9.98. The second-order valence-corrected chi connectivity index (χ2v) is 9.07. The van der Waals surface area contributed by atoms with Crippen LogP contribution in [-0.4, -0.2) is 17.5 Å². The minimum atomic E-state index is -0.626. The Morgan fingerprint density at radius 3 is 2.50 bits per heavy atom. The molecule has 6 nitrogen and oxygen atoms in total. The van der Waals surface area contributed by atoms with Crippen LogP contribution in [0.5, 0.6) is 5.75 Å². The number of ether oxygens (including phenoxy) is 1. The predicted octanol–water partition coefficient (Wildman–Crippen LogP) is 5.32. The van der Waals surface area contributed by atoms with Crippen LogP contribution in [0.25, 0.3) is 11.0 Å². The third-order valence-electron chi connectivity index (χ3n) is 5.76. The Bertz CT molecular complexity index is 1400. The minimum absolute atomic E-state index is 0.0794. The average Bonchev–Trinajstić information content (AvgIpc) is 3.26. The maximum absolute atomic E-state index is 13.6. The summed E-state index contributed by atoms with van der Waals surface area (Å²) in [6, 6.07) is 12.3. The van der Waals surface area contributed by atoms with E-state index in [1.54, 1.807) is 11.0 Å². The van der Waals surface area contributed by atoms with Crippen LogP contribution in [0.4, 0.5) is 5.13 Å². The molecule has 1 atom stereocenters. The number of rotatable bonds is 4. The molecule has 0 saturated carbocycles. The molecule has 5 rings (SSSR count). The van der Waals surface area contributed by atoms with Gasteiger partial charge in [0.1, 0.15) is 11.3 Å². The van der Waals surface area contributed by atoms with Crippen LogP contribution in [0, 0.1) is 20.8 Å². The Balaban J connectivity index is 1.77. The van der Waals surface area contributed by atoms with Crippen molar-refractivity contribution in [3.8, 4) is 5.75 Å². The Labute approximate surface area is 189 Å². The number of carbonyl (C=O) groups is 1. The third kappa shape index (κ3) is 3.12. The van der Waals surface area contributed by atoms with E-state index in [2.05, 4.69) is 4.98 Å². The molecule has 1 aliphatic heterocycles. The van der Waals surface area contributed by atoms with Gasteiger partial charge in [-0.3, -0.25) is 14.5 Å². The summed E-state index contributed by atoms with van der Waals surface area (Å²) < 4.78 is 11.6. The monoisotopic (exact) mass is 446 g/mol. The first kappa shape index (κ1) is 20.5. The molecule has 2 aromatic heterocycles. The quantitative estimate of drug-likeness (QED) is 0.424. The molecule has 3 heterocycles. The number of hydrogen-bond donors (Lipinski definition) is 0. The maximum Gasteiger partial charge on any atom is 0.297 e. The van der Waals surface area contributed by atoms with Crippen LogP contribution in [0.1, 0.15) is 50.8 Å². The van der Waals surface area contributed by atoms with Crippen molar-refractivity contribution >= 4 is 33.3 Å². The second-order valence-electron chi connectivity index (χ2n) is 7.89. The molecule has 0 bridgehead atoms. The standard InChI is InChI=1S/C25H22N2O4S/c1-5-30-17-9-7-16(8-10-17)21-20-22(28)18-12-13(2)6-11-19(18)31-23(20)24(29)27(21)25-26-14(3)15(4)32-25/h6-12,21H,5H2,1-4H3. The number of aryl methyl sites for hydroxylation is 3. The summed E-state index contributed by atoms with van der Waals surface area (Å²) in [5.74, 6) is 0.456. The van der Waals surface area contributed by atoms with Crippen LogP contribution >= 0.6 is 11.3 Å². The molecule has 162 valence electrons. The SMILES string of the molecule is CCOc1ccc(C2c3c(oc4ccc(C)cc4c3=O)C(=O)N2c2nc(C)c(C)s2)cc1. The first-order valence-corrected chi connectivity index (χ1v) is 11.3. The van der Waals surface area contributed by atoms with E-state index in [1.807, 2.05) is 64.1 Å². The Kier molecular flexibility index (Phi) is 4.86. The van der Waals surface area contributed by atoms with Crippen LogP contribution in [-0.2, 0) is 0 Å². The lowest BCUT2D eigenvalue weighted by molar-refractivity contribution is 0.0971. The van der Waals surface area contributed by atoms with E-state index >= 15 is 0 Å². The first-order chi connectivity index (χ1) is 15.4. The number of carbonyl (C=O) groups excluding carboxylic acids is 1. The summed E-state index contributed by atoms with van der Waals surface area (Å²) in [4.78, 5) is 34.4. The summed E-state index contributed by atoms with van der Waals surface area (Å²) in [6.45, 7) is 8.29. The largest absolute Gasteiger partial charge is 0.494 e. The molecule has 1 unspecified atom stereocenters. The van der Waals surface area contributed by atoms with Gasteiger partial charge in [0.15, 0.2) is 10.6 Å². The van der Waals surface area contributed by atoms with Crippen molar-refractivity contribution in [2.75, 3.05) is 11.5 Å². The summed E-state index contributed by atoms with van der Waals surface area (Å²) in [6.07, 6.45) is 0. The molecule has 0 spiro atoms. The molecule has 0 radical (unpaired) electrons. The van der Waals surface area contributed by atoms with Gasteiger partial charge >= 0.3 is 0 Å². The molecule has 0 saturated heterocycles. The fraction of sp³-hybridized carbons (Fsp3) is 0.240. The van der Waals surface area contributed by atoms with Gasteiger partial charge in [-0.2, -0.15) is 0 Å². The van der Waals surface area contributed by atoms with E-state index in [1.165, 1.54) is 11.3 Å². The Morgan fingerprint density at radius 1 is 1.09 bits per heavy atom. The molecule has 0 N–H and O–H groups in total. The fourth-order valence-corrected chi connectivity index (χ4v) is 5.01. The second kappa shape index (κ2) is 7.60. The van der Waals surface area contributed by atoms with E-state index in [-0.39, 0.29) is 17.1 Å². The number of hydrogen-bond acceptors (Lipinski definition) is 6. The molecule has 4 aromatic rings. The molecule has 1 amide bonds. The lowest BCUT2D eigenvalue weighted by Gasteiger charge is -2.22. The van der Waals surface area contributed by atoms with Gasteiger partial charge in [-0.1, -0.05) is 23.8 Å². The lowest BCUT2D eigenvalue weighted by Crippen LogP contribution is -2.29. The van der Waals surface area contributed by atoms with E-state index in [0.717, 1.165) is 27.4 Å².